The van der Waals surface area contributed by atoms with Crippen molar-refractivity contribution >= 4 is 0 Å². The molecule has 0 radical (unpaired) electrons. The van der Waals surface area contributed by atoms with Crippen LogP contribution in [0.5, 0.6) is 0 Å². The lowest BCUT2D eigenvalue weighted by Crippen LogP contribution is -1.94. The van der Waals surface area contributed by atoms with Crippen LogP contribution in [0.15, 0.2) is 17.4 Å². The molecule has 0 spiro atoms. The molecule has 0 saturated heterocycles. The maximum atomic E-state index is 8.02. The van der Waals surface area contributed by atoms with Crippen molar-refractivity contribution in [3.63, 3.8) is 0 Å². The molecule has 1 heterocycles. The molecule has 11 heavy (non-hydrogen) atoms. The van der Waals surface area contributed by atoms with Crippen LogP contribution in [0, 0.1) is 0 Å². The molecule has 0 fully saturated rings. The van der Waals surface area contributed by atoms with Crippen molar-refractivity contribution in [2.45, 2.75) is 20.0 Å². The van der Waals surface area contributed by atoms with Crippen molar-refractivity contribution in [1.29, 1.82) is 0 Å². The molecule has 0 unspecified atom stereocenters. The summed E-state index contributed by atoms with van der Waals surface area (Å²) in [6.07, 6.45) is 1.86. The van der Waals surface area contributed by atoms with E-state index in [1.54, 1.807) is 4.68 Å². The number of hydrogen-bond acceptors (Lipinski definition) is 2. The molecule has 0 saturated carbocycles. The second-order valence-corrected chi connectivity index (χ2v) is 2.05. The molecule has 1 aromatic heterocycles. The molecular formula is C6H9N5. The number of aromatic nitrogens is 2. The molecule has 0 N–H and O–H groups in total. The van der Waals surface area contributed by atoms with E-state index in [2.05, 4.69) is 15.1 Å². The Bertz CT molecular complexity index is 270. The summed E-state index contributed by atoms with van der Waals surface area (Å²) in [6.45, 7) is 3.18. The van der Waals surface area contributed by atoms with Crippen LogP contribution in [0.25, 0.3) is 10.4 Å². The summed E-state index contributed by atoms with van der Waals surface area (Å²) < 4.78 is 1.79. The Hall–Kier alpha value is -1.48. The number of hydrogen-bond donors (Lipinski definition) is 0. The van der Waals surface area contributed by atoms with Gasteiger partial charge in [-0.2, -0.15) is 5.10 Å². The average Bonchev–Trinajstić information content (AvgIpc) is 2.48. The average molecular weight is 151 g/mol. The molecule has 58 valence electrons. The Balaban J connectivity index is 2.64. The van der Waals surface area contributed by atoms with Gasteiger partial charge in [-0.05, 0) is 18.5 Å². The zero-order chi connectivity index (χ0) is 8.10. The van der Waals surface area contributed by atoms with E-state index >= 15 is 0 Å². The van der Waals surface area contributed by atoms with Gasteiger partial charge in [-0.15, -0.1) is 0 Å². The summed E-state index contributed by atoms with van der Waals surface area (Å²) in [5.74, 6) is 0. The Labute approximate surface area is 64.3 Å². The SMILES string of the molecule is CCn1ccc(CN=[N+]=[N-])n1. The maximum absolute atomic E-state index is 8.02. The molecule has 1 rings (SSSR count). The van der Waals surface area contributed by atoms with E-state index in [9.17, 15) is 0 Å². The van der Waals surface area contributed by atoms with Gasteiger partial charge in [-0.1, -0.05) is 5.11 Å². The van der Waals surface area contributed by atoms with E-state index in [4.69, 9.17) is 5.53 Å². The molecular weight excluding hydrogens is 142 g/mol. The fourth-order valence-corrected chi connectivity index (χ4v) is 0.768. The summed E-state index contributed by atoms with van der Waals surface area (Å²) in [4.78, 5) is 2.64. The highest BCUT2D eigenvalue weighted by molar-refractivity contribution is 4.98. The van der Waals surface area contributed by atoms with Crippen molar-refractivity contribution in [3.05, 3.63) is 28.4 Å². The fourth-order valence-electron chi connectivity index (χ4n) is 0.768. The standard InChI is InChI=1S/C6H9N5/c1-2-11-4-3-6(9-11)5-8-10-7/h3-4H,2,5H2,1H3. The minimum absolute atomic E-state index is 0.337. The minimum Gasteiger partial charge on any atom is -0.273 e. The second-order valence-electron chi connectivity index (χ2n) is 2.05. The molecule has 1 aromatic rings. The van der Waals surface area contributed by atoms with Gasteiger partial charge in [0.25, 0.3) is 0 Å². The quantitative estimate of drug-likeness (QED) is 0.368. The van der Waals surface area contributed by atoms with Gasteiger partial charge in [0.2, 0.25) is 0 Å². The summed E-state index contributed by atoms with van der Waals surface area (Å²) in [5, 5.41) is 7.51. The number of aryl methyl sites for hydroxylation is 1. The highest BCUT2D eigenvalue weighted by Gasteiger charge is 1.93. The van der Waals surface area contributed by atoms with Crippen LogP contribution in [0.1, 0.15) is 12.6 Å². The first-order valence-corrected chi connectivity index (χ1v) is 3.40. The fraction of sp³-hybridized carbons (Fsp3) is 0.500. The molecule has 5 heteroatoms. The number of nitrogens with zero attached hydrogens (tertiary/aromatic N) is 5. The van der Waals surface area contributed by atoms with Crippen molar-refractivity contribution < 1.29 is 0 Å². The highest BCUT2D eigenvalue weighted by atomic mass is 15.3. The van der Waals surface area contributed by atoms with E-state index in [1.807, 2.05) is 19.2 Å². The Morgan fingerprint density at radius 2 is 2.64 bits per heavy atom. The maximum Gasteiger partial charge on any atom is 0.0702 e. The Morgan fingerprint density at radius 3 is 3.18 bits per heavy atom. The first-order valence-electron chi connectivity index (χ1n) is 3.40. The lowest BCUT2D eigenvalue weighted by molar-refractivity contribution is 0.647. The van der Waals surface area contributed by atoms with E-state index in [0.717, 1.165) is 12.2 Å². The van der Waals surface area contributed by atoms with Gasteiger partial charge in [0.05, 0.1) is 12.2 Å². The third kappa shape index (κ3) is 1.98. The van der Waals surface area contributed by atoms with E-state index in [-0.39, 0.29) is 0 Å². The van der Waals surface area contributed by atoms with Gasteiger partial charge >= 0.3 is 0 Å². The lowest BCUT2D eigenvalue weighted by atomic mass is 10.4. The molecule has 0 bridgehead atoms. The van der Waals surface area contributed by atoms with Crippen LogP contribution in [0.3, 0.4) is 0 Å². The molecule has 0 atom stereocenters. The van der Waals surface area contributed by atoms with Gasteiger partial charge in [0.15, 0.2) is 0 Å². The smallest absolute Gasteiger partial charge is 0.0702 e. The highest BCUT2D eigenvalue weighted by Crippen LogP contribution is 1.97. The first-order chi connectivity index (χ1) is 5.36. The Morgan fingerprint density at radius 1 is 1.82 bits per heavy atom. The van der Waals surface area contributed by atoms with Crippen molar-refractivity contribution in [2.75, 3.05) is 0 Å². The third-order valence-corrected chi connectivity index (χ3v) is 1.32. The molecule has 0 aliphatic heterocycles. The molecule has 5 nitrogen and oxygen atoms in total. The van der Waals surface area contributed by atoms with Gasteiger partial charge in [-0.3, -0.25) is 4.68 Å². The van der Waals surface area contributed by atoms with Crippen molar-refractivity contribution in [3.8, 4) is 0 Å². The second kappa shape index (κ2) is 3.63. The lowest BCUT2D eigenvalue weighted by Gasteiger charge is -1.90. The minimum atomic E-state index is 0.337. The summed E-state index contributed by atoms with van der Waals surface area (Å²) in [6, 6.07) is 1.85. The predicted octanol–water partition coefficient (Wildman–Crippen LogP) is 1.71. The molecule has 0 aromatic carbocycles. The largest absolute Gasteiger partial charge is 0.273 e. The summed E-state index contributed by atoms with van der Waals surface area (Å²) >= 11 is 0. The van der Waals surface area contributed by atoms with E-state index in [1.165, 1.54) is 0 Å². The number of azide groups is 1. The van der Waals surface area contributed by atoms with Gasteiger partial charge in [0.1, 0.15) is 0 Å². The van der Waals surface area contributed by atoms with Crippen molar-refractivity contribution in [1.82, 2.24) is 9.78 Å². The van der Waals surface area contributed by atoms with Gasteiger partial charge < -0.3 is 0 Å². The van der Waals surface area contributed by atoms with Crippen LogP contribution < -0.4 is 0 Å². The van der Waals surface area contributed by atoms with Crippen molar-refractivity contribution in [2.24, 2.45) is 5.11 Å². The Kier molecular flexibility index (Phi) is 2.52. The van der Waals surface area contributed by atoms with Crippen LogP contribution in [-0.2, 0) is 13.1 Å². The van der Waals surface area contributed by atoms with E-state index < -0.39 is 0 Å². The first kappa shape index (κ1) is 7.63. The zero-order valence-corrected chi connectivity index (χ0v) is 6.30. The molecule has 0 aliphatic carbocycles. The topological polar surface area (TPSA) is 66.6 Å². The van der Waals surface area contributed by atoms with Crippen LogP contribution in [0.4, 0.5) is 0 Å². The summed E-state index contributed by atoms with van der Waals surface area (Å²) in [5.41, 5.74) is 8.83. The van der Waals surface area contributed by atoms with Gasteiger partial charge in [-0.25, -0.2) is 0 Å². The predicted molar refractivity (Wildman–Crippen MR) is 40.8 cm³/mol. The van der Waals surface area contributed by atoms with Crippen LogP contribution >= 0.6 is 0 Å². The monoisotopic (exact) mass is 151 g/mol. The van der Waals surface area contributed by atoms with Crippen LogP contribution in [-0.4, -0.2) is 9.78 Å². The zero-order valence-electron chi connectivity index (χ0n) is 6.30. The third-order valence-electron chi connectivity index (χ3n) is 1.32. The van der Waals surface area contributed by atoms with Crippen LogP contribution in [0.2, 0.25) is 0 Å². The summed E-state index contributed by atoms with van der Waals surface area (Å²) in [7, 11) is 0. The molecule has 0 aliphatic rings. The van der Waals surface area contributed by atoms with Gasteiger partial charge in [0, 0.05) is 17.7 Å². The molecule has 0 amide bonds. The van der Waals surface area contributed by atoms with E-state index in [0.29, 0.717) is 6.54 Å². The normalized spacial score (nSPS) is 9.18. The number of rotatable bonds is 3.